The molecule has 5 nitrogen and oxygen atoms in total. The lowest BCUT2D eigenvalue weighted by molar-refractivity contribution is 0.102. The van der Waals surface area contributed by atoms with Crippen LogP contribution in [0.3, 0.4) is 0 Å². The van der Waals surface area contributed by atoms with E-state index in [0.717, 1.165) is 22.2 Å². The number of carbonyl (C=O) groups is 1. The smallest absolute Gasteiger partial charge is 0.259 e. The molecule has 3 aromatic carbocycles. The first-order chi connectivity index (χ1) is 14.1. The minimum atomic E-state index is -0.244. The number of benzene rings is 3. The minimum Gasteiger partial charge on any atom is -0.488 e. The highest BCUT2D eigenvalue weighted by Gasteiger charge is 2.13. The van der Waals surface area contributed by atoms with Gasteiger partial charge < -0.3 is 15.8 Å². The van der Waals surface area contributed by atoms with Crippen LogP contribution in [0.5, 0.6) is 5.75 Å². The number of nitrogen functional groups attached to an aromatic ring is 1. The Kier molecular flexibility index (Phi) is 5.12. The Morgan fingerprint density at radius 1 is 1.00 bits per heavy atom. The minimum absolute atomic E-state index is 0.244. The van der Waals surface area contributed by atoms with E-state index in [2.05, 4.69) is 10.3 Å². The Morgan fingerprint density at radius 2 is 1.76 bits per heavy atom. The zero-order valence-electron chi connectivity index (χ0n) is 16.1. The molecule has 0 atom stereocenters. The van der Waals surface area contributed by atoms with Crippen molar-refractivity contribution in [2.75, 3.05) is 11.1 Å². The number of hydrogen-bond acceptors (Lipinski definition) is 4. The van der Waals surface area contributed by atoms with Crippen LogP contribution in [0.2, 0.25) is 0 Å². The first kappa shape index (κ1) is 18.5. The number of aromatic nitrogens is 1. The standard InChI is InChI=1S/C24H21N3O2/c1-16-13-21(25)20-14-18(11-12-22(20)26-16)27-24(28)19-9-5-6-10-23(19)29-15-17-7-3-2-4-8-17/h2-14H,15H2,1H3,(H2,25,26)(H,27,28). The predicted octanol–water partition coefficient (Wildman–Crippen LogP) is 4.96. The van der Waals surface area contributed by atoms with Crippen molar-refractivity contribution in [1.29, 1.82) is 0 Å². The molecule has 4 aromatic rings. The highest BCUT2D eigenvalue weighted by Crippen LogP contribution is 2.26. The second-order valence-electron chi connectivity index (χ2n) is 6.81. The van der Waals surface area contributed by atoms with Crippen molar-refractivity contribution in [3.8, 4) is 5.75 Å². The van der Waals surface area contributed by atoms with Gasteiger partial charge in [-0.1, -0.05) is 42.5 Å². The summed E-state index contributed by atoms with van der Waals surface area (Å²) >= 11 is 0. The van der Waals surface area contributed by atoms with Crippen molar-refractivity contribution < 1.29 is 9.53 Å². The zero-order valence-corrected chi connectivity index (χ0v) is 16.1. The van der Waals surface area contributed by atoms with Crippen molar-refractivity contribution in [3.05, 3.63) is 95.7 Å². The SMILES string of the molecule is Cc1cc(N)c2cc(NC(=O)c3ccccc3OCc3ccccc3)ccc2n1. The highest BCUT2D eigenvalue weighted by molar-refractivity contribution is 6.07. The number of ether oxygens (including phenoxy) is 1. The van der Waals surface area contributed by atoms with Gasteiger partial charge in [-0.2, -0.15) is 0 Å². The fraction of sp³-hybridized carbons (Fsp3) is 0.0833. The Balaban J connectivity index is 1.55. The summed E-state index contributed by atoms with van der Waals surface area (Å²) in [6.45, 7) is 2.29. The van der Waals surface area contributed by atoms with Crippen LogP contribution in [-0.2, 0) is 6.61 Å². The van der Waals surface area contributed by atoms with Crippen LogP contribution in [0.15, 0.2) is 78.9 Å². The lowest BCUT2D eigenvalue weighted by Crippen LogP contribution is -2.13. The zero-order chi connectivity index (χ0) is 20.2. The monoisotopic (exact) mass is 383 g/mol. The van der Waals surface area contributed by atoms with Crippen LogP contribution in [0.25, 0.3) is 10.9 Å². The Hall–Kier alpha value is -3.86. The molecule has 3 N–H and O–H groups in total. The molecule has 0 aliphatic carbocycles. The van der Waals surface area contributed by atoms with E-state index in [-0.39, 0.29) is 5.91 Å². The summed E-state index contributed by atoms with van der Waals surface area (Å²) in [4.78, 5) is 17.4. The van der Waals surface area contributed by atoms with Crippen LogP contribution in [-0.4, -0.2) is 10.9 Å². The van der Waals surface area contributed by atoms with E-state index in [9.17, 15) is 4.79 Å². The molecule has 0 radical (unpaired) electrons. The van der Waals surface area contributed by atoms with Crippen LogP contribution in [0.1, 0.15) is 21.6 Å². The number of aryl methyl sites for hydroxylation is 1. The maximum Gasteiger partial charge on any atom is 0.259 e. The predicted molar refractivity (Wildman–Crippen MR) is 116 cm³/mol. The van der Waals surface area contributed by atoms with E-state index >= 15 is 0 Å². The Labute approximate surface area is 169 Å². The number of fused-ring (bicyclic) bond motifs is 1. The molecule has 0 spiro atoms. The first-order valence-electron chi connectivity index (χ1n) is 9.34. The highest BCUT2D eigenvalue weighted by atomic mass is 16.5. The fourth-order valence-corrected chi connectivity index (χ4v) is 3.18. The van der Waals surface area contributed by atoms with Crippen molar-refractivity contribution in [2.24, 2.45) is 0 Å². The molecule has 0 unspecified atom stereocenters. The number of para-hydroxylation sites is 1. The number of carbonyl (C=O) groups excluding carboxylic acids is 1. The lowest BCUT2D eigenvalue weighted by atomic mass is 10.1. The van der Waals surface area contributed by atoms with Gasteiger partial charge in [0.25, 0.3) is 5.91 Å². The molecule has 0 aliphatic heterocycles. The van der Waals surface area contributed by atoms with Gasteiger partial charge in [-0.05, 0) is 48.9 Å². The average molecular weight is 383 g/mol. The molecule has 0 fully saturated rings. The number of rotatable bonds is 5. The second kappa shape index (κ2) is 8.02. The summed E-state index contributed by atoms with van der Waals surface area (Å²) < 4.78 is 5.89. The third-order valence-corrected chi connectivity index (χ3v) is 4.60. The van der Waals surface area contributed by atoms with Gasteiger partial charge in [-0.3, -0.25) is 9.78 Å². The molecule has 0 saturated carbocycles. The number of anilines is 2. The molecular formula is C24H21N3O2. The third kappa shape index (κ3) is 4.19. The summed E-state index contributed by atoms with van der Waals surface area (Å²) in [5, 5.41) is 3.74. The largest absolute Gasteiger partial charge is 0.488 e. The number of nitrogens with one attached hydrogen (secondary N) is 1. The summed E-state index contributed by atoms with van der Waals surface area (Å²) in [6.07, 6.45) is 0. The van der Waals surface area contributed by atoms with E-state index < -0.39 is 0 Å². The molecule has 1 aromatic heterocycles. The van der Waals surface area contributed by atoms with E-state index in [4.69, 9.17) is 10.5 Å². The van der Waals surface area contributed by atoms with Crippen molar-refractivity contribution >= 4 is 28.2 Å². The van der Waals surface area contributed by atoms with Crippen LogP contribution < -0.4 is 15.8 Å². The normalized spacial score (nSPS) is 10.7. The van der Waals surface area contributed by atoms with Gasteiger partial charge in [0.05, 0.1) is 11.1 Å². The summed E-state index contributed by atoms with van der Waals surface area (Å²) in [7, 11) is 0. The Bertz CT molecular complexity index is 1170. The summed E-state index contributed by atoms with van der Waals surface area (Å²) in [5.41, 5.74) is 10.6. The summed E-state index contributed by atoms with van der Waals surface area (Å²) in [6, 6.07) is 24.4. The van der Waals surface area contributed by atoms with Crippen molar-refractivity contribution in [1.82, 2.24) is 4.98 Å². The van der Waals surface area contributed by atoms with E-state index in [1.54, 1.807) is 12.1 Å². The quantitative estimate of drug-likeness (QED) is 0.511. The number of hydrogen-bond donors (Lipinski definition) is 2. The van der Waals surface area contributed by atoms with Gasteiger partial charge in [0.15, 0.2) is 0 Å². The van der Waals surface area contributed by atoms with Gasteiger partial charge in [-0.15, -0.1) is 0 Å². The number of pyridine rings is 1. The molecule has 0 bridgehead atoms. The van der Waals surface area contributed by atoms with Crippen molar-refractivity contribution in [2.45, 2.75) is 13.5 Å². The maximum atomic E-state index is 12.9. The molecule has 29 heavy (non-hydrogen) atoms. The van der Waals surface area contributed by atoms with E-state index in [0.29, 0.717) is 29.3 Å². The van der Waals surface area contributed by atoms with Crippen LogP contribution in [0.4, 0.5) is 11.4 Å². The van der Waals surface area contributed by atoms with Crippen LogP contribution in [0, 0.1) is 6.92 Å². The molecule has 4 rings (SSSR count). The van der Waals surface area contributed by atoms with Gasteiger partial charge in [0.2, 0.25) is 0 Å². The molecule has 0 saturated heterocycles. The number of nitrogens with two attached hydrogens (primary N) is 1. The van der Waals surface area contributed by atoms with Gasteiger partial charge >= 0.3 is 0 Å². The molecular weight excluding hydrogens is 362 g/mol. The lowest BCUT2D eigenvalue weighted by Gasteiger charge is -2.12. The average Bonchev–Trinajstić information content (AvgIpc) is 2.73. The van der Waals surface area contributed by atoms with E-state index in [1.165, 1.54) is 0 Å². The topological polar surface area (TPSA) is 77.2 Å². The molecule has 0 aliphatic rings. The third-order valence-electron chi connectivity index (χ3n) is 4.60. The molecule has 5 heteroatoms. The number of amides is 1. The molecule has 1 amide bonds. The Morgan fingerprint density at radius 3 is 2.59 bits per heavy atom. The van der Waals surface area contributed by atoms with Crippen molar-refractivity contribution in [3.63, 3.8) is 0 Å². The number of nitrogens with zero attached hydrogens (tertiary/aromatic N) is 1. The van der Waals surface area contributed by atoms with Gasteiger partial charge in [0, 0.05) is 22.5 Å². The first-order valence-corrected chi connectivity index (χ1v) is 9.34. The fourth-order valence-electron chi connectivity index (χ4n) is 3.18. The molecule has 144 valence electrons. The molecule has 1 heterocycles. The van der Waals surface area contributed by atoms with E-state index in [1.807, 2.05) is 73.7 Å². The maximum absolute atomic E-state index is 12.9. The van der Waals surface area contributed by atoms with Crippen LogP contribution >= 0.6 is 0 Å². The second-order valence-corrected chi connectivity index (χ2v) is 6.81. The van der Waals surface area contributed by atoms with Gasteiger partial charge in [-0.25, -0.2) is 0 Å². The van der Waals surface area contributed by atoms with Gasteiger partial charge in [0.1, 0.15) is 12.4 Å². The summed E-state index contributed by atoms with van der Waals surface area (Å²) in [5.74, 6) is 0.290.